The predicted octanol–water partition coefficient (Wildman–Crippen LogP) is 3.70. The van der Waals surface area contributed by atoms with E-state index < -0.39 is 0 Å². The molecule has 0 amide bonds. The highest BCUT2D eigenvalue weighted by Gasteiger charge is 2.25. The highest BCUT2D eigenvalue weighted by molar-refractivity contribution is 5.63. The van der Waals surface area contributed by atoms with Crippen LogP contribution in [0.25, 0.3) is 11.1 Å². The Kier molecular flexibility index (Phi) is 4.37. The lowest BCUT2D eigenvalue weighted by molar-refractivity contribution is 0.253. The van der Waals surface area contributed by atoms with Gasteiger partial charge in [0.2, 0.25) is 0 Å². The summed E-state index contributed by atoms with van der Waals surface area (Å²) in [4.78, 5) is 2.55. The van der Waals surface area contributed by atoms with E-state index in [-0.39, 0.29) is 0 Å². The lowest BCUT2D eigenvalue weighted by atomic mass is 10.0. The van der Waals surface area contributed by atoms with Crippen molar-refractivity contribution in [3.8, 4) is 11.1 Å². The van der Waals surface area contributed by atoms with E-state index in [4.69, 9.17) is 5.73 Å². The third-order valence-electron chi connectivity index (χ3n) is 4.70. The number of nitrogens with zero attached hydrogens (tertiary/aromatic N) is 1. The van der Waals surface area contributed by atoms with Crippen LogP contribution in [0.2, 0.25) is 0 Å². The molecule has 0 saturated carbocycles. The van der Waals surface area contributed by atoms with Gasteiger partial charge in [-0.25, -0.2) is 0 Å². The molecule has 2 aromatic rings. The molecule has 0 aromatic heterocycles. The molecule has 2 atom stereocenters. The normalized spacial score (nSPS) is 20.6. The number of likely N-dealkylation sites (tertiary alicyclic amines) is 1. The van der Waals surface area contributed by atoms with Crippen molar-refractivity contribution in [1.29, 1.82) is 0 Å². The van der Waals surface area contributed by atoms with Crippen LogP contribution in [0, 0.1) is 5.92 Å². The van der Waals surface area contributed by atoms with E-state index in [2.05, 4.69) is 66.4 Å². The van der Waals surface area contributed by atoms with Gasteiger partial charge in [-0.3, -0.25) is 4.90 Å². The Morgan fingerprint density at radius 3 is 2.33 bits per heavy atom. The van der Waals surface area contributed by atoms with Gasteiger partial charge < -0.3 is 5.73 Å². The molecule has 1 aliphatic rings. The number of hydrogen-bond acceptors (Lipinski definition) is 2. The molecule has 2 heteroatoms. The van der Waals surface area contributed by atoms with Gasteiger partial charge in [-0.1, -0.05) is 54.6 Å². The van der Waals surface area contributed by atoms with Crippen LogP contribution in [0.5, 0.6) is 0 Å². The molecular formula is C19H24N2. The maximum atomic E-state index is 5.79. The van der Waals surface area contributed by atoms with Gasteiger partial charge in [0.1, 0.15) is 0 Å². The summed E-state index contributed by atoms with van der Waals surface area (Å²) in [5, 5.41) is 0. The second-order valence-corrected chi connectivity index (χ2v) is 6.05. The van der Waals surface area contributed by atoms with E-state index in [1.807, 2.05) is 0 Å². The smallest absolute Gasteiger partial charge is 0.0320 e. The van der Waals surface area contributed by atoms with Gasteiger partial charge >= 0.3 is 0 Å². The van der Waals surface area contributed by atoms with Crippen molar-refractivity contribution in [3.05, 3.63) is 60.2 Å². The molecule has 2 aromatic carbocycles. The minimum absolute atomic E-state index is 0.478. The molecule has 0 radical (unpaired) electrons. The SMILES string of the molecule is CC(c1ccc(-c2ccccc2)cc1)N1CCC(CN)C1. The second kappa shape index (κ2) is 6.42. The van der Waals surface area contributed by atoms with Crippen molar-refractivity contribution in [3.63, 3.8) is 0 Å². The minimum Gasteiger partial charge on any atom is -0.330 e. The average molecular weight is 280 g/mol. The Morgan fingerprint density at radius 2 is 1.71 bits per heavy atom. The van der Waals surface area contributed by atoms with Gasteiger partial charge in [0.15, 0.2) is 0 Å². The van der Waals surface area contributed by atoms with Gasteiger partial charge in [-0.2, -0.15) is 0 Å². The molecule has 0 aliphatic carbocycles. The Morgan fingerprint density at radius 1 is 1.05 bits per heavy atom. The first-order chi connectivity index (χ1) is 10.3. The summed E-state index contributed by atoms with van der Waals surface area (Å²) in [6.45, 7) is 5.42. The van der Waals surface area contributed by atoms with Crippen molar-refractivity contribution in [2.45, 2.75) is 19.4 Å². The molecule has 3 rings (SSSR count). The molecule has 1 heterocycles. The van der Waals surface area contributed by atoms with Crippen LogP contribution >= 0.6 is 0 Å². The molecule has 1 aliphatic heterocycles. The highest BCUT2D eigenvalue weighted by Crippen LogP contribution is 2.28. The predicted molar refractivity (Wildman–Crippen MR) is 89.0 cm³/mol. The number of hydrogen-bond donors (Lipinski definition) is 1. The largest absolute Gasteiger partial charge is 0.330 e. The average Bonchev–Trinajstić information content (AvgIpc) is 3.04. The first-order valence-corrected chi connectivity index (χ1v) is 7.87. The summed E-state index contributed by atoms with van der Waals surface area (Å²) >= 11 is 0. The third-order valence-corrected chi connectivity index (χ3v) is 4.70. The summed E-state index contributed by atoms with van der Waals surface area (Å²) in [6.07, 6.45) is 1.24. The van der Waals surface area contributed by atoms with Crippen molar-refractivity contribution < 1.29 is 0 Å². The Hall–Kier alpha value is -1.64. The first kappa shape index (κ1) is 14.3. The van der Waals surface area contributed by atoms with Crippen molar-refractivity contribution in [1.82, 2.24) is 4.90 Å². The van der Waals surface area contributed by atoms with Crippen LogP contribution < -0.4 is 5.73 Å². The van der Waals surface area contributed by atoms with E-state index in [1.54, 1.807) is 0 Å². The summed E-state index contributed by atoms with van der Waals surface area (Å²) < 4.78 is 0. The molecule has 1 saturated heterocycles. The molecule has 110 valence electrons. The lowest BCUT2D eigenvalue weighted by Gasteiger charge is -2.25. The third kappa shape index (κ3) is 3.17. The molecule has 2 nitrogen and oxygen atoms in total. The van der Waals surface area contributed by atoms with Gasteiger partial charge in [0.25, 0.3) is 0 Å². The molecule has 1 fully saturated rings. The fourth-order valence-electron chi connectivity index (χ4n) is 3.20. The molecular weight excluding hydrogens is 256 g/mol. The second-order valence-electron chi connectivity index (χ2n) is 6.05. The van der Waals surface area contributed by atoms with Crippen LogP contribution in [-0.4, -0.2) is 24.5 Å². The van der Waals surface area contributed by atoms with Gasteiger partial charge in [0, 0.05) is 12.6 Å². The van der Waals surface area contributed by atoms with Crippen LogP contribution in [0.3, 0.4) is 0 Å². The van der Waals surface area contributed by atoms with Crippen molar-refractivity contribution >= 4 is 0 Å². The van der Waals surface area contributed by atoms with Gasteiger partial charge in [-0.15, -0.1) is 0 Å². The van der Waals surface area contributed by atoms with Crippen LogP contribution in [-0.2, 0) is 0 Å². The molecule has 0 bridgehead atoms. The maximum absolute atomic E-state index is 5.79. The Bertz CT molecular complexity index is 562. The highest BCUT2D eigenvalue weighted by atomic mass is 15.2. The monoisotopic (exact) mass is 280 g/mol. The van der Waals surface area contributed by atoms with Crippen molar-refractivity contribution in [2.24, 2.45) is 11.7 Å². The minimum atomic E-state index is 0.478. The van der Waals surface area contributed by atoms with Crippen LogP contribution in [0.4, 0.5) is 0 Å². The summed E-state index contributed by atoms with van der Waals surface area (Å²) in [7, 11) is 0. The zero-order chi connectivity index (χ0) is 14.7. The summed E-state index contributed by atoms with van der Waals surface area (Å²) in [6, 6.07) is 20.0. The Labute approximate surface area is 127 Å². The van der Waals surface area contributed by atoms with Crippen LogP contribution in [0.15, 0.2) is 54.6 Å². The number of rotatable bonds is 4. The first-order valence-electron chi connectivity index (χ1n) is 7.87. The van der Waals surface area contributed by atoms with Gasteiger partial charge in [0.05, 0.1) is 0 Å². The molecule has 2 N–H and O–H groups in total. The summed E-state index contributed by atoms with van der Waals surface area (Å²) in [5.41, 5.74) is 9.75. The standard InChI is InChI=1S/C19H24N2/c1-15(21-12-11-16(13-20)14-21)17-7-9-19(10-8-17)18-5-3-2-4-6-18/h2-10,15-16H,11-14,20H2,1H3. The van der Waals surface area contributed by atoms with E-state index >= 15 is 0 Å². The number of nitrogens with two attached hydrogens (primary N) is 1. The molecule has 0 spiro atoms. The molecule has 2 unspecified atom stereocenters. The molecule has 21 heavy (non-hydrogen) atoms. The zero-order valence-corrected chi connectivity index (χ0v) is 12.7. The fourth-order valence-corrected chi connectivity index (χ4v) is 3.20. The van der Waals surface area contributed by atoms with Crippen molar-refractivity contribution in [2.75, 3.05) is 19.6 Å². The van der Waals surface area contributed by atoms with E-state index in [0.29, 0.717) is 12.0 Å². The topological polar surface area (TPSA) is 29.3 Å². The van der Waals surface area contributed by atoms with Crippen LogP contribution in [0.1, 0.15) is 24.9 Å². The number of benzene rings is 2. The maximum Gasteiger partial charge on any atom is 0.0320 e. The Balaban J connectivity index is 1.72. The van der Waals surface area contributed by atoms with E-state index in [1.165, 1.54) is 29.7 Å². The quantitative estimate of drug-likeness (QED) is 0.925. The van der Waals surface area contributed by atoms with Gasteiger partial charge in [-0.05, 0) is 49.0 Å². The lowest BCUT2D eigenvalue weighted by Crippen LogP contribution is -2.26. The van der Waals surface area contributed by atoms with E-state index in [0.717, 1.165) is 13.1 Å². The van der Waals surface area contributed by atoms with E-state index in [9.17, 15) is 0 Å². The fraction of sp³-hybridized carbons (Fsp3) is 0.368. The zero-order valence-electron chi connectivity index (χ0n) is 12.7. The summed E-state index contributed by atoms with van der Waals surface area (Å²) in [5.74, 6) is 0.677.